The van der Waals surface area contributed by atoms with Gasteiger partial charge in [-0.05, 0) is 25.1 Å². The molecule has 0 aliphatic heterocycles. The summed E-state index contributed by atoms with van der Waals surface area (Å²) in [5, 5.41) is 11.7. The van der Waals surface area contributed by atoms with E-state index < -0.39 is 17.4 Å². The molecule has 1 heterocycles. The number of hydrogen-bond acceptors (Lipinski definition) is 6. The van der Waals surface area contributed by atoms with Crippen molar-refractivity contribution in [2.75, 3.05) is 13.7 Å². The zero-order valence-electron chi connectivity index (χ0n) is 13.2. The van der Waals surface area contributed by atoms with E-state index in [0.29, 0.717) is 5.75 Å². The molecule has 1 atom stereocenters. The Labute approximate surface area is 138 Å². The highest BCUT2D eigenvalue weighted by atomic mass is 16.5. The number of carbonyl (C=O) groups is 2. The number of rotatable bonds is 7. The average molecular weight is 331 g/mol. The highest BCUT2D eigenvalue weighted by Crippen LogP contribution is 2.20. The summed E-state index contributed by atoms with van der Waals surface area (Å²) in [4.78, 5) is 31.5. The Morgan fingerprint density at radius 3 is 2.75 bits per heavy atom. The molecule has 8 nitrogen and oxygen atoms in total. The van der Waals surface area contributed by atoms with Crippen LogP contribution >= 0.6 is 0 Å². The van der Waals surface area contributed by atoms with Crippen LogP contribution in [0.25, 0.3) is 0 Å². The van der Waals surface area contributed by atoms with E-state index in [2.05, 4.69) is 15.3 Å². The van der Waals surface area contributed by atoms with Crippen LogP contribution < -0.4 is 10.1 Å². The highest BCUT2D eigenvalue weighted by Gasteiger charge is 2.35. The molecular weight excluding hydrogens is 314 g/mol. The van der Waals surface area contributed by atoms with Gasteiger partial charge in [-0.1, -0.05) is 6.07 Å². The zero-order valence-corrected chi connectivity index (χ0v) is 13.2. The molecule has 1 unspecified atom stereocenters. The van der Waals surface area contributed by atoms with Gasteiger partial charge < -0.3 is 19.9 Å². The van der Waals surface area contributed by atoms with Crippen LogP contribution in [0.3, 0.4) is 0 Å². The predicted octanol–water partition coefficient (Wildman–Crippen LogP) is 1.49. The van der Waals surface area contributed by atoms with E-state index in [4.69, 9.17) is 9.47 Å². The Hall–Kier alpha value is -3.00. The molecule has 126 valence electrons. The van der Waals surface area contributed by atoms with Crippen molar-refractivity contribution in [3.63, 3.8) is 0 Å². The molecule has 0 aliphatic rings. The summed E-state index contributed by atoms with van der Waals surface area (Å²) < 4.78 is 10.4. The Kier molecular flexibility index (Phi) is 5.43. The van der Waals surface area contributed by atoms with E-state index in [9.17, 15) is 14.7 Å². The van der Waals surface area contributed by atoms with Crippen LogP contribution in [0.2, 0.25) is 0 Å². The number of carboxylic acids is 1. The van der Waals surface area contributed by atoms with Crippen molar-refractivity contribution in [1.29, 1.82) is 0 Å². The molecule has 8 heteroatoms. The topological polar surface area (TPSA) is 111 Å². The lowest BCUT2D eigenvalue weighted by molar-refractivity contribution is -0.145. The minimum atomic E-state index is -1.53. The van der Waals surface area contributed by atoms with E-state index in [0.717, 1.165) is 0 Å². The van der Waals surface area contributed by atoms with Gasteiger partial charge in [0.25, 0.3) is 5.91 Å². The van der Waals surface area contributed by atoms with Crippen molar-refractivity contribution in [3.8, 4) is 11.6 Å². The van der Waals surface area contributed by atoms with E-state index in [1.54, 1.807) is 18.2 Å². The minimum absolute atomic E-state index is 0.163. The van der Waals surface area contributed by atoms with Crippen molar-refractivity contribution in [2.45, 2.75) is 12.5 Å². The lowest BCUT2D eigenvalue weighted by atomic mass is 10.0. The Bertz CT molecular complexity index is 723. The van der Waals surface area contributed by atoms with Gasteiger partial charge in [0.15, 0.2) is 5.54 Å². The van der Waals surface area contributed by atoms with Crippen LogP contribution in [0, 0.1) is 0 Å². The number of ether oxygens (including phenoxy) is 2. The molecule has 0 aliphatic carbocycles. The van der Waals surface area contributed by atoms with Gasteiger partial charge in [-0.2, -0.15) is 0 Å². The van der Waals surface area contributed by atoms with Crippen LogP contribution in [0.5, 0.6) is 11.6 Å². The molecule has 2 rings (SSSR count). The number of aromatic nitrogens is 2. The fraction of sp³-hybridized carbons (Fsp3) is 0.250. The first-order chi connectivity index (χ1) is 11.4. The van der Waals surface area contributed by atoms with E-state index in [1.165, 1.54) is 38.7 Å². The van der Waals surface area contributed by atoms with Crippen LogP contribution in [0.1, 0.15) is 17.3 Å². The van der Waals surface area contributed by atoms with E-state index in [-0.39, 0.29) is 18.1 Å². The largest absolute Gasteiger partial charge is 0.479 e. The first-order valence-electron chi connectivity index (χ1n) is 7.03. The number of methoxy groups -OCH3 is 1. The van der Waals surface area contributed by atoms with Crippen LogP contribution in [0.4, 0.5) is 0 Å². The monoisotopic (exact) mass is 331 g/mol. The summed E-state index contributed by atoms with van der Waals surface area (Å²) in [5.74, 6) is -1.08. The maximum absolute atomic E-state index is 12.3. The number of nitrogens with one attached hydrogen (secondary N) is 1. The lowest BCUT2D eigenvalue weighted by Gasteiger charge is -2.25. The number of amides is 1. The summed E-state index contributed by atoms with van der Waals surface area (Å²) in [5.41, 5.74) is -1.28. The first-order valence-corrected chi connectivity index (χ1v) is 7.03. The Balaban J connectivity index is 2.15. The molecule has 24 heavy (non-hydrogen) atoms. The molecule has 0 radical (unpaired) electrons. The molecule has 2 aromatic rings. The summed E-state index contributed by atoms with van der Waals surface area (Å²) in [6, 6.07) is 6.30. The molecule has 1 amide bonds. The minimum Gasteiger partial charge on any atom is -0.479 e. The predicted molar refractivity (Wildman–Crippen MR) is 83.9 cm³/mol. The van der Waals surface area contributed by atoms with Crippen molar-refractivity contribution in [1.82, 2.24) is 15.3 Å². The van der Waals surface area contributed by atoms with Gasteiger partial charge in [0, 0.05) is 25.1 Å². The SMILES string of the molecule is COCC(C)(NC(=O)c1cccc(Oc2cnccn2)c1)C(=O)O. The van der Waals surface area contributed by atoms with E-state index >= 15 is 0 Å². The maximum Gasteiger partial charge on any atom is 0.331 e. The second-order valence-electron chi connectivity index (χ2n) is 5.20. The molecule has 2 N–H and O–H groups in total. The summed E-state index contributed by atoms with van der Waals surface area (Å²) in [7, 11) is 1.36. The Morgan fingerprint density at radius 2 is 2.12 bits per heavy atom. The van der Waals surface area contributed by atoms with Crippen molar-refractivity contribution in [2.24, 2.45) is 0 Å². The summed E-state index contributed by atoms with van der Waals surface area (Å²) in [6.45, 7) is 1.21. The molecular formula is C16H17N3O5. The van der Waals surface area contributed by atoms with Gasteiger partial charge in [0.1, 0.15) is 5.75 Å². The van der Waals surface area contributed by atoms with Gasteiger partial charge in [0.2, 0.25) is 5.88 Å². The molecule has 0 saturated carbocycles. The maximum atomic E-state index is 12.3. The highest BCUT2D eigenvalue weighted by molar-refractivity contribution is 5.98. The number of aliphatic carboxylic acids is 1. The van der Waals surface area contributed by atoms with Crippen molar-refractivity contribution < 1.29 is 24.2 Å². The van der Waals surface area contributed by atoms with Crippen LogP contribution in [0.15, 0.2) is 42.9 Å². The number of benzene rings is 1. The molecule has 0 spiro atoms. The third-order valence-corrected chi connectivity index (χ3v) is 3.15. The molecule has 0 bridgehead atoms. The number of nitrogens with zero attached hydrogens (tertiary/aromatic N) is 2. The number of carboxylic acid groups (broad SMARTS) is 1. The van der Waals surface area contributed by atoms with Crippen molar-refractivity contribution >= 4 is 11.9 Å². The van der Waals surface area contributed by atoms with Gasteiger partial charge in [-0.25, -0.2) is 9.78 Å². The third-order valence-electron chi connectivity index (χ3n) is 3.15. The Morgan fingerprint density at radius 1 is 1.33 bits per heavy atom. The summed E-state index contributed by atoms with van der Waals surface area (Å²) in [6.07, 6.45) is 4.43. The second-order valence-corrected chi connectivity index (χ2v) is 5.20. The van der Waals surface area contributed by atoms with Crippen LogP contribution in [-0.4, -0.2) is 46.2 Å². The van der Waals surface area contributed by atoms with Gasteiger partial charge >= 0.3 is 5.97 Å². The van der Waals surface area contributed by atoms with Gasteiger partial charge in [0.05, 0.1) is 12.8 Å². The average Bonchev–Trinajstić information content (AvgIpc) is 2.56. The standard InChI is InChI=1S/C16H17N3O5/c1-16(10-23-2,15(21)22)19-14(20)11-4-3-5-12(8-11)24-13-9-17-6-7-18-13/h3-9H,10H2,1-2H3,(H,19,20)(H,21,22). The number of carbonyl (C=O) groups excluding carboxylic acids is 1. The van der Waals surface area contributed by atoms with E-state index in [1.807, 2.05) is 0 Å². The van der Waals surface area contributed by atoms with Crippen LogP contribution in [-0.2, 0) is 9.53 Å². The zero-order chi connectivity index (χ0) is 17.6. The molecule has 1 aromatic heterocycles. The lowest BCUT2D eigenvalue weighted by Crippen LogP contribution is -2.55. The first kappa shape index (κ1) is 17.4. The fourth-order valence-corrected chi connectivity index (χ4v) is 1.92. The second kappa shape index (κ2) is 7.51. The smallest absolute Gasteiger partial charge is 0.331 e. The molecule has 0 fully saturated rings. The van der Waals surface area contributed by atoms with Crippen molar-refractivity contribution in [3.05, 3.63) is 48.4 Å². The van der Waals surface area contributed by atoms with Gasteiger partial charge in [-0.15, -0.1) is 0 Å². The molecule has 0 saturated heterocycles. The van der Waals surface area contributed by atoms with Gasteiger partial charge in [-0.3, -0.25) is 9.78 Å². The quantitative estimate of drug-likeness (QED) is 0.790. The molecule has 1 aromatic carbocycles. The summed E-state index contributed by atoms with van der Waals surface area (Å²) >= 11 is 0. The number of hydrogen-bond donors (Lipinski definition) is 2. The fourth-order valence-electron chi connectivity index (χ4n) is 1.92. The third kappa shape index (κ3) is 4.26. The normalized spacial score (nSPS) is 12.9.